The van der Waals surface area contributed by atoms with Crippen LogP contribution in [-0.2, 0) is 5.41 Å². The third kappa shape index (κ3) is 5.43. The van der Waals surface area contributed by atoms with Gasteiger partial charge in [-0.05, 0) is 111 Å². The summed E-state index contributed by atoms with van der Waals surface area (Å²) in [5.74, 6) is 1.67. The van der Waals surface area contributed by atoms with E-state index in [0.29, 0.717) is 0 Å². The molecule has 1 aliphatic carbocycles. The average molecular weight is 745 g/mol. The van der Waals surface area contributed by atoms with Gasteiger partial charge in [-0.3, -0.25) is 0 Å². The SMILES string of the molecule is CC1(C)c2ccccc2-c2ccc(N(c3ccc(-c4ccccc4)cc3)c3ccc4c(c3)Oc3c(N(c5ccccc5)c5ccccc5)ccc5cccc-4c35)cc21. The Morgan fingerprint density at radius 1 is 0.379 bits per heavy atom. The summed E-state index contributed by atoms with van der Waals surface area (Å²) in [5, 5.41) is 2.26. The maximum atomic E-state index is 7.23. The van der Waals surface area contributed by atoms with E-state index in [2.05, 4.69) is 230 Å². The Morgan fingerprint density at radius 2 is 0.931 bits per heavy atom. The molecule has 58 heavy (non-hydrogen) atoms. The van der Waals surface area contributed by atoms with Crippen LogP contribution in [0, 0.1) is 0 Å². The minimum Gasteiger partial charge on any atom is -0.454 e. The molecule has 276 valence electrons. The van der Waals surface area contributed by atoms with Crippen LogP contribution in [0.15, 0.2) is 206 Å². The zero-order valence-electron chi connectivity index (χ0n) is 32.4. The van der Waals surface area contributed by atoms with Crippen LogP contribution in [0.4, 0.5) is 34.1 Å². The minimum atomic E-state index is -0.133. The Morgan fingerprint density at radius 3 is 1.66 bits per heavy atom. The second kappa shape index (κ2) is 13.4. The lowest BCUT2D eigenvalue weighted by Gasteiger charge is -2.32. The second-order valence-corrected chi connectivity index (χ2v) is 15.8. The van der Waals surface area contributed by atoms with Gasteiger partial charge >= 0.3 is 0 Å². The van der Waals surface area contributed by atoms with E-state index in [-0.39, 0.29) is 5.41 Å². The smallest absolute Gasteiger partial charge is 0.159 e. The third-order valence-electron chi connectivity index (χ3n) is 12.0. The highest BCUT2D eigenvalue weighted by Crippen LogP contribution is 2.55. The molecule has 9 aromatic carbocycles. The van der Waals surface area contributed by atoms with Crippen LogP contribution in [-0.4, -0.2) is 0 Å². The van der Waals surface area contributed by atoms with Crippen molar-refractivity contribution >= 4 is 44.9 Å². The molecular formula is C55H40N2O. The molecule has 0 atom stereocenters. The van der Waals surface area contributed by atoms with Crippen molar-refractivity contribution in [2.45, 2.75) is 19.3 Å². The van der Waals surface area contributed by atoms with Gasteiger partial charge in [0.2, 0.25) is 0 Å². The van der Waals surface area contributed by atoms with Crippen LogP contribution in [0.3, 0.4) is 0 Å². The van der Waals surface area contributed by atoms with Crippen LogP contribution < -0.4 is 14.5 Å². The fraction of sp³-hybridized carbons (Fsp3) is 0.0545. The van der Waals surface area contributed by atoms with E-state index in [1.165, 1.54) is 38.9 Å². The lowest BCUT2D eigenvalue weighted by Crippen LogP contribution is -2.16. The minimum absolute atomic E-state index is 0.133. The first-order chi connectivity index (χ1) is 28.5. The zero-order chi connectivity index (χ0) is 38.8. The van der Waals surface area contributed by atoms with Gasteiger partial charge in [0.1, 0.15) is 5.75 Å². The number of benzene rings is 9. The number of fused-ring (bicyclic) bond motifs is 5. The molecule has 1 heterocycles. The molecule has 0 saturated heterocycles. The average Bonchev–Trinajstić information content (AvgIpc) is 3.51. The van der Waals surface area contributed by atoms with E-state index >= 15 is 0 Å². The molecule has 0 bridgehead atoms. The highest BCUT2D eigenvalue weighted by Gasteiger charge is 2.36. The normalized spacial score (nSPS) is 12.9. The lowest BCUT2D eigenvalue weighted by atomic mass is 9.82. The summed E-state index contributed by atoms with van der Waals surface area (Å²) in [4.78, 5) is 4.67. The fourth-order valence-electron chi connectivity index (χ4n) is 9.20. The number of anilines is 6. The molecule has 2 aliphatic rings. The van der Waals surface area contributed by atoms with Crippen LogP contribution >= 0.6 is 0 Å². The van der Waals surface area contributed by atoms with Crippen LogP contribution in [0.2, 0.25) is 0 Å². The van der Waals surface area contributed by atoms with Gasteiger partial charge in [0, 0.05) is 50.9 Å². The van der Waals surface area contributed by atoms with Gasteiger partial charge in [0.05, 0.1) is 5.69 Å². The first kappa shape index (κ1) is 33.9. The van der Waals surface area contributed by atoms with Crippen LogP contribution in [0.5, 0.6) is 11.5 Å². The Bertz CT molecular complexity index is 2950. The van der Waals surface area contributed by atoms with E-state index < -0.39 is 0 Å². The molecular weight excluding hydrogens is 705 g/mol. The lowest BCUT2D eigenvalue weighted by molar-refractivity contribution is 0.488. The largest absolute Gasteiger partial charge is 0.454 e. The molecule has 3 heteroatoms. The van der Waals surface area contributed by atoms with Gasteiger partial charge in [-0.15, -0.1) is 0 Å². The van der Waals surface area contributed by atoms with Crippen LogP contribution in [0.1, 0.15) is 25.0 Å². The van der Waals surface area contributed by atoms with E-state index in [1.807, 2.05) is 0 Å². The number of nitrogens with zero attached hydrogens (tertiary/aromatic N) is 2. The highest BCUT2D eigenvalue weighted by atomic mass is 16.5. The van der Waals surface area contributed by atoms with Gasteiger partial charge < -0.3 is 14.5 Å². The van der Waals surface area contributed by atoms with Crippen molar-refractivity contribution in [1.29, 1.82) is 0 Å². The molecule has 0 aromatic heterocycles. The third-order valence-corrected chi connectivity index (χ3v) is 12.0. The van der Waals surface area contributed by atoms with Gasteiger partial charge in [0.15, 0.2) is 5.75 Å². The van der Waals surface area contributed by atoms with Gasteiger partial charge in [-0.25, -0.2) is 0 Å². The summed E-state index contributed by atoms with van der Waals surface area (Å²) in [5.41, 5.74) is 16.1. The summed E-state index contributed by atoms with van der Waals surface area (Å²) in [6, 6.07) is 74.1. The van der Waals surface area contributed by atoms with Crippen molar-refractivity contribution in [1.82, 2.24) is 0 Å². The topological polar surface area (TPSA) is 15.7 Å². The summed E-state index contributed by atoms with van der Waals surface area (Å²) in [6.07, 6.45) is 0. The molecule has 0 saturated carbocycles. The maximum Gasteiger partial charge on any atom is 0.159 e. The van der Waals surface area contributed by atoms with Crippen molar-refractivity contribution in [3.8, 4) is 44.9 Å². The van der Waals surface area contributed by atoms with E-state index in [9.17, 15) is 0 Å². The van der Waals surface area contributed by atoms with Crippen LogP contribution in [0.25, 0.3) is 44.2 Å². The Kier molecular flexibility index (Phi) is 7.84. The summed E-state index contributed by atoms with van der Waals surface area (Å²) in [7, 11) is 0. The highest BCUT2D eigenvalue weighted by molar-refractivity contribution is 6.08. The second-order valence-electron chi connectivity index (χ2n) is 15.8. The monoisotopic (exact) mass is 744 g/mol. The molecule has 0 radical (unpaired) electrons. The quantitative estimate of drug-likeness (QED) is 0.162. The van der Waals surface area contributed by atoms with E-state index in [0.717, 1.165) is 62.0 Å². The molecule has 0 amide bonds. The van der Waals surface area contributed by atoms with Crippen molar-refractivity contribution < 1.29 is 4.74 Å². The molecule has 0 N–H and O–H groups in total. The van der Waals surface area contributed by atoms with E-state index in [1.54, 1.807) is 0 Å². The van der Waals surface area contributed by atoms with Crippen molar-refractivity contribution in [2.24, 2.45) is 0 Å². The predicted octanol–water partition coefficient (Wildman–Crippen LogP) is 15.5. The number of rotatable bonds is 7. The van der Waals surface area contributed by atoms with Gasteiger partial charge in [-0.2, -0.15) is 0 Å². The summed E-state index contributed by atoms with van der Waals surface area (Å²) in [6.45, 7) is 4.69. The molecule has 0 fully saturated rings. The Labute approximate surface area is 339 Å². The first-order valence-corrected chi connectivity index (χ1v) is 20.0. The van der Waals surface area contributed by atoms with Gasteiger partial charge in [-0.1, -0.05) is 147 Å². The first-order valence-electron chi connectivity index (χ1n) is 20.0. The van der Waals surface area contributed by atoms with E-state index in [4.69, 9.17) is 4.74 Å². The van der Waals surface area contributed by atoms with Crippen molar-refractivity contribution in [2.75, 3.05) is 9.80 Å². The molecule has 0 unspecified atom stereocenters. The standard InChI is InChI=1S/C55H40N2O/c1-55(2)49-24-13-12-22-45(49)46-32-30-43(35-50(46)55)56(42-28-25-38(26-29-42)37-15-6-3-7-16-37)44-31-33-47-48-23-14-17-39-27-34-51(54(53(39)48)58-52(47)36-44)57(40-18-8-4-9-19-40)41-20-10-5-11-21-41/h3-36H,1-2H3. The Balaban J connectivity index is 1.08. The number of hydrogen-bond donors (Lipinski definition) is 0. The molecule has 11 rings (SSSR count). The van der Waals surface area contributed by atoms with Crippen molar-refractivity contribution in [3.05, 3.63) is 217 Å². The predicted molar refractivity (Wildman–Crippen MR) is 242 cm³/mol. The maximum absolute atomic E-state index is 7.23. The molecule has 0 spiro atoms. The molecule has 3 nitrogen and oxygen atoms in total. The fourth-order valence-corrected chi connectivity index (χ4v) is 9.20. The summed E-state index contributed by atoms with van der Waals surface area (Å²) >= 11 is 0. The number of para-hydroxylation sites is 2. The number of ether oxygens (including phenoxy) is 1. The molecule has 1 aliphatic heterocycles. The summed E-state index contributed by atoms with van der Waals surface area (Å²) < 4.78 is 7.23. The zero-order valence-corrected chi connectivity index (χ0v) is 32.4. The Hall–Kier alpha value is -7.36. The van der Waals surface area contributed by atoms with Gasteiger partial charge in [0.25, 0.3) is 0 Å². The molecule has 9 aromatic rings. The van der Waals surface area contributed by atoms with Crippen molar-refractivity contribution in [3.63, 3.8) is 0 Å². The number of hydrogen-bond acceptors (Lipinski definition) is 3.